The first kappa shape index (κ1) is 17.1. The molecule has 0 aliphatic carbocycles. The molecule has 0 atom stereocenters. The fourth-order valence-corrected chi connectivity index (χ4v) is 3.19. The Morgan fingerprint density at radius 1 is 1.00 bits per heavy atom. The highest BCUT2D eigenvalue weighted by atomic mass is 16.5. The Balaban J connectivity index is 2.24. The average molecular weight is 337 g/mol. The molecule has 2 aromatic carbocycles. The van der Waals surface area contributed by atoms with E-state index in [2.05, 4.69) is 32.0 Å². The molecule has 25 heavy (non-hydrogen) atoms. The Kier molecular flexibility index (Phi) is 4.53. The zero-order valence-electron chi connectivity index (χ0n) is 15.3. The van der Waals surface area contributed by atoms with Gasteiger partial charge in [0.2, 0.25) is 0 Å². The van der Waals surface area contributed by atoms with Gasteiger partial charge in [0.1, 0.15) is 0 Å². The van der Waals surface area contributed by atoms with Crippen LogP contribution < -0.4 is 4.74 Å². The minimum atomic E-state index is -0.394. The average Bonchev–Trinajstić information content (AvgIpc) is 2.90. The van der Waals surface area contributed by atoms with Crippen molar-refractivity contribution in [2.45, 2.75) is 27.3 Å². The molecule has 0 aliphatic rings. The fourth-order valence-electron chi connectivity index (χ4n) is 3.19. The number of carbonyl (C=O) groups excluding carboxylic acids is 1. The number of carbonyl (C=O) groups is 1. The van der Waals surface area contributed by atoms with Crippen LogP contribution in [0.5, 0.6) is 5.75 Å². The van der Waals surface area contributed by atoms with Crippen molar-refractivity contribution >= 4 is 16.9 Å². The Morgan fingerprint density at radius 3 is 2.40 bits per heavy atom. The summed E-state index contributed by atoms with van der Waals surface area (Å²) >= 11 is 0. The predicted molar refractivity (Wildman–Crippen MR) is 99.6 cm³/mol. The Hall–Kier alpha value is -2.75. The van der Waals surface area contributed by atoms with Gasteiger partial charge in [0, 0.05) is 11.9 Å². The van der Waals surface area contributed by atoms with Crippen LogP contribution >= 0.6 is 0 Å². The summed E-state index contributed by atoms with van der Waals surface area (Å²) in [5.74, 6) is 0.170. The molecule has 0 aliphatic heterocycles. The highest BCUT2D eigenvalue weighted by Gasteiger charge is 2.24. The summed E-state index contributed by atoms with van der Waals surface area (Å²) in [4.78, 5) is 12.5. The quantitative estimate of drug-likeness (QED) is 0.662. The lowest BCUT2D eigenvalue weighted by Gasteiger charge is -2.11. The molecule has 4 nitrogen and oxygen atoms in total. The van der Waals surface area contributed by atoms with E-state index >= 15 is 0 Å². The predicted octanol–water partition coefficient (Wildman–Crippen LogP) is 4.41. The van der Waals surface area contributed by atoms with E-state index in [-0.39, 0.29) is 0 Å². The smallest absolute Gasteiger partial charge is 0.358 e. The third-order valence-corrected chi connectivity index (χ3v) is 4.67. The van der Waals surface area contributed by atoms with Gasteiger partial charge in [-0.05, 0) is 49.6 Å². The highest BCUT2D eigenvalue weighted by molar-refractivity contribution is 6.02. The van der Waals surface area contributed by atoms with E-state index in [1.807, 2.05) is 29.7 Å². The van der Waals surface area contributed by atoms with Crippen molar-refractivity contribution in [3.05, 3.63) is 64.3 Å². The number of hydrogen-bond acceptors (Lipinski definition) is 3. The molecule has 0 amide bonds. The van der Waals surface area contributed by atoms with Crippen LogP contribution in [0.25, 0.3) is 10.9 Å². The summed E-state index contributed by atoms with van der Waals surface area (Å²) in [7, 11) is 2.98. The third-order valence-electron chi connectivity index (χ3n) is 4.67. The zero-order valence-corrected chi connectivity index (χ0v) is 15.3. The Labute approximate surface area is 148 Å². The van der Waals surface area contributed by atoms with E-state index in [4.69, 9.17) is 9.47 Å². The van der Waals surface area contributed by atoms with Crippen LogP contribution in [0.15, 0.2) is 36.4 Å². The third kappa shape index (κ3) is 3.00. The largest absolute Gasteiger partial charge is 0.494 e. The number of rotatable bonds is 4. The van der Waals surface area contributed by atoms with Crippen molar-refractivity contribution in [2.75, 3.05) is 14.2 Å². The maximum Gasteiger partial charge on any atom is 0.358 e. The van der Waals surface area contributed by atoms with E-state index < -0.39 is 5.97 Å². The molecule has 1 heterocycles. The van der Waals surface area contributed by atoms with Crippen molar-refractivity contribution in [1.29, 1.82) is 0 Å². The van der Waals surface area contributed by atoms with Gasteiger partial charge in [-0.1, -0.05) is 29.8 Å². The van der Waals surface area contributed by atoms with Crippen LogP contribution in [0.3, 0.4) is 0 Å². The summed E-state index contributed by atoms with van der Waals surface area (Å²) in [5.41, 5.74) is 6.14. The Morgan fingerprint density at radius 2 is 1.76 bits per heavy atom. The molecule has 0 spiro atoms. The van der Waals surface area contributed by atoms with E-state index in [0.29, 0.717) is 18.0 Å². The molecule has 0 bridgehead atoms. The summed E-state index contributed by atoms with van der Waals surface area (Å²) in [5, 5.41) is 0.923. The summed E-state index contributed by atoms with van der Waals surface area (Å²) in [6, 6.07) is 12.5. The SMILES string of the molecule is COC(=O)c1c(OC)c2cc(C)ccc2n1Cc1ccc(C)c(C)c1. The standard InChI is InChI=1S/C21H23NO3/c1-13-6-9-18-17(10-13)20(24-4)19(21(23)25-5)22(18)12-16-8-7-14(2)15(3)11-16/h6-11H,12H2,1-5H3. The van der Waals surface area contributed by atoms with Crippen LogP contribution in [-0.2, 0) is 11.3 Å². The number of esters is 1. The van der Waals surface area contributed by atoms with Gasteiger partial charge in [0.25, 0.3) is 0 Å². The van der Waals surface area contributed by atoms with Gasteiger partial charge in [-0.15, -0.1) is 0 Å². The number of methoxy groups -OCH3 is 2. The van der Waals surface area contributed by atoms with Crippen LogP contribution in [0.1, 0.15) is 32.7 Å². The Bertz CT molecular complexity index is 953. The minimum Gasteiger partial charge on any atom is -0.494 e. The molecule has 0 unspecified atom stereocenters. The van der Waals surface area contributed by atoms with Crippen LogP contribution in [0.2, 0.25) is 0 Å². The highest BCUT2D eigenvalue weighted by Crippen LogP contribution is 2.35. The molecule has 0 N–H and O–H groups in total. The first-order valence-corrected chi connectivity index (χ1v) is 8.27. The molecule has 130 valence electrons. The topological polar surface area (TPSA) is 40.5 Å². The van der Waals surface area contributed by atoms with Crippen molar-refractivity contribution < 1.29 is 14.3 Å². The lowest BCUT2D eigenvalue weighted by molar-refractivity contribution is 0.0585. The van der Waals surface area contributed by atoms with Crippen molar-refractivity contribution in [3.8, 4) is 5.75 Å². The monoisotopic (exact) mass is 337 g/mol. The molecule has 1 aromatic heterocycles. The number of hydrogen-bond donors (Lipinski definition) is 0. The number of aromatic nitrogens is 1. The van der Waals surface area contributed by atoms with Crippen LogP contribution in [-0.4, -0.2) is 24.8 Å². The van der Waals surface area contributed by atoms with Gasteiger partial charge in [-0.3, -0.25) is 0 Å². The van der Waals surface area contributed by atoms with Crippen molar-refractivity contribution in [2.24, 2.45) is 0 Å². The lowest BCUT2D eigenvalue weighted by Crippen LogP contribution is -2.12. The zero-order chi connectivity index (χ0) is 18.1. The molecule has 0 fully saturated rings. The maximum absolute atomic E-state index is 12.5. The number of benzene rings is 2. The van der Waals surface area contributed by atoms with Crippen LogP contribution in [0, 0.1) is 20.8 Å². The maximum atomic E-state index is 12.5. The van der Waals surface area contributed by atoms with E-state index in [9.17, 15) is 4.79 Å². The van der Waals surface area contributed by atoms with Gasteiger partial charge in [0.15, 0.2) is 11.4 Å². The van der Waals surface area contributed by atoms with Gasteiger partial charge in [0.05, 0.1) is 19.7 Å². The second-order valence-electron chi connectivity index (χ2n) is 6.40. The molecule has 0 saturated heterocycles. The number of ether oxygens (including phenoxy) is 2. The van der Waals surface area contributed by atoms with E-state index in [1.54, 1.807) is 7.11 Å². The van der Waals surface area contributed by atoms with Gasteiger partial charge in [-0.2, -0.15) is 0 Å². The van der Waals surface area contributed by atoms with Gasteiger partial charge < -0.3 is 14.0 Å². The second-order valence-corrected chi connectivity index (χ2v) is 6.40. The number of aryl methyl sites for hydroxylation is 3. The normalized spacial score (nSPS) is 10.9. The first-order valence-electron chi connectivity index (χ1n) is 8.27. The van der Waals surface area contributed by atoms with Gasteiger partial charge in [-0.25, -0.2) is 4.79 Å². The van der Waals surface area contributed by atoms with Crippen LogP contribution in [0.4, 0.5) is 0 Å². The number of fused-ring (bicyclic) bond motifs is 1. The summed E-state index contributed by atoms with van der Waals surface area (Å²) in [6.07, 6.45) is 0. The summed E-state index contributed by atoms with van der Waals surface area (Å²) in [6.45, 7) is 6.79. The fraction of sp³-hybridized carbons (Fsp3) is 0.286. The van der Waals surface area contributed by atoms with Crippen molar-refractivity contribution in [3.63, 3.8) is 0 Å². The molecule has 0 saturated carbocycles. The molecular weight excluding hydrogens is 314 g/mol. The molecular formula is C21H23NO3. The molecule has 3 aromatic rings. The minimum absolute atomic E-state index is 0.394. The second kappa shape index (κ2) is 6.63. The lowest BCUT2D eigenvalue weighted by atomic mass is 10.1. The number of nitrogens with zero attached hydrogens (tertiary/aromatic N) is 1. The first-order chi connectivity index (χ1) is 12.0. The molecule has 0 radical (unpaired) electrons. The van der Waals surface area contributed by atoms with Gasteiger partial charge >= 0.3 is 5.97 Å². The van der Waals surface area contributed by atoms with E-state index in [0.717, 1.165) is 22.0 Å². The molecule has 3 rings (SSSR count). The molecule has 4 heteroatoms. The van der Waals surface area contributed by atoms with E-state index in [1.165, 1.54) is 18.2 Å². The van der Waals surface area contributed by atoms with Crippen molar-refractivity contribution in [1.82, 2.24) is 4.57 Å². The summed E-state index contributed by atoms with van der Waals surface area (Å²) < 4.78 is 12.6.